The number of aromatic hydroxyl groups is 1. The van der Waals surface area contributed by atoms with Gasteiger partial charge in [0.1, 0.15) is 22.8 Å². The lowest BCUT2D eigenvalue weighted by Gasteiger charge is -2.16. The van der Waals surface area contributed by atoms with Crippen LogP contribution in [0.4, 0.5) is 5.82 Å². The van der Waals surface area contributed by atoms with E-state index in [1.807, 2.05) is 22.8 Å². The second-order valence-electron chi connectivity index (χ2n) is 8.55. The number of aryl methyl sites for hydroxylation is 1. The highest BCUT2D eigenvalue weighted by atomic mass is 79.9. The molecule has 0 spiro atoms. The molecule has 11 nitrogen and oxygen atoms in total. The molecule has 2 aromatic carbocycles. The second-order valence-corrected chi connectivity index (χ2v) is 10.3. The number of phosphoric ester groups is 1. The van der Waals surface area contributed by atoms with E-state index in [1.165, 1.54) is 18.2 Å². The highest BCUT2D eigenvalue weighted by Crippen LogP contribution is 2.41. The van der Waals surface area contributed by atoms with Gasteiger partial charge in [0, 0.05) is 23.9 Å². The number of fused-ring (bicyclic) bond motifs is 3. The number of phenols is 1. The van der Waals surface area contributed by atoms with Crippen LogP contribution in [0.5, 0.6) is 11.5 Å². The van der Waals surface area contributed by atoms with Crippen LogP contribution in [0.3, 0.4) is 0 Å². The molecule has 0 atom stereocenters. The SMILES string of the molecule is CCCCc1nc2c(N)nc3cc(CNC(=O)CBr)ccc3c2n1Cc1cc(O)ccc1OP(=O)(O)O. The normalized spacial score (nSPS) is 11.8. The fourth-order valence-corrected chi connectivity index (χ4v) is 4.77. The Morgan fingerprint density at radius 2 is 2.00 bits per heavy atom. The highest BCUT2D eigenvalue weighted by molar-refractivity contribution is 9.09. The first-order valence-electron chi connectivity index (χ1n) is 11.6. The van der Waals surface area contributed by atoms with Gasteiger partial charge in [-0.25, -0.2) is 14.5 Å². The van der Waals surface area contributed by atoms with Crippen molar-refractivity contribution in [2.24, 2.45) is 0 Å². The molecular formula is C24H27BrN5O6P. The summed E-state index contributed by atoms with van der Waals surface area (Å²) in [6.45, 7) is 2.50. The fraction of sp³-hybridized carbons (Fsp3) is 0.292. The standard InChI is InChI=1S/C24H27BrN5O6P/c1-2-3-4-20-29-22-23(30(20)13-15-10-16(31)6-8-19(15)36-37(33,34)35)17-7-5-14(12-27-21(32)11-25)9-18(17)28-24(22)26/h5-10,31H,2-4,11-13H2,1H3,(H2,26,28)(H,27,32)(H2,33,34,35). The zero-order valence-corrected chi connectivity index (χ0v) is 22.5. The number of alkyl halides is 1. The van der Waals surface area contributed by atoms with Crippen molar-refractivity contribution < 1.29 is 28.8 Å². The second kappa shape index (κ2) is 11.1. The van der Waals surface area contributed by atoms with Gasteiger partial charge in [-0.3, -0.25) is 14.6 Å². The Morgan fingerprint density at radius 3 is 2.70 bits per heavy atom. The number of halogens is 1. The van der Waals surface area contributed by atoms with Gasteiger partial charge >= 0.3 is 7.82 Å². The van der Waals surface area contributed by atoms with Gasteiger partial charge in [0.25, 0.3) is 0 Å². The number of hydrogen-bond donors (Lipinski definition) is 5. The molecule has 0 fully saturated rings. The van der Waals surface area contributed by atoms with Gasteiger partial charge in [-0.05, 0) is 36.2 Å². The van der Waals surface area contributed by atoms with E-state index in [0.29, 0.717) is 35.1 Å². The molecule has 0 unspecified atom stereocenters. The maximum absolute atomic E-state index is 11.6. The van der Waals surface area contributed by atoms with Gasteiger partial charge in [-0.1, -0.05) is 41.4 Å². The van der Waals surface area contributed by atoms with E-state index in [-0.39, 0.29) is 35.1 Å². The van der Waals surface area contributed by atoms with Crippen LogP contribution >= 0.6 is 23.8 Å². The Kier molecular flexibility index (Phi) is 8.03. The summed E-state index contributed by atoms with van der Waals surface area (Å²) >= 11 is 3.13. The summed E-state index contributed by atoms with van der Waals surface area (Å²) in [6.07, 6.45) is 2.42. The van der Waals surface area contributed by atoms with Crippen molar-refractivity contribution >= 4 is 57.4 Å². The predicted octanol–water partition coefficient (Wildman–Crippen LogP) is 3.75. The molecule has 6 N–H and O–H groups in total. The molecule has 13 heteroatoms. The van der Waals surface area contributed by atoms with Gasteiger partial charge in [0.15, 0.2) is 5.82 Å². The van der Waals surface area contributed by atoms with Crippen LogP contribution in [0.25, 0.3) is 21.9 Å². The van der Waals surface area contributed by atoms with Crippen LogP contribution in [0, 0.1) is 0 Å². The molecule has 196 valence electrons. The zero-order valence-electron chi connectivity index (χ0n) is 20.0. The van der Waals surface area contributed by atoms with Gasteiger partial charge in [-0.15, -0.1) is 0 Å². The van der Waals surface area contributed by atoms with E-state index in [4.69, 9.17) is 15.2 Å². The number of anilines is 1. The third kappa shape index (κ3) is 6.22. The smallest absolute Gasteiger partial charge is 0.508 e. The Labute approximate surface area is 221 Å². The molecule has 1 amide bonds. The van der Waals surface area contributed by atoms with E-state index in [2.05, 4.69) is 33.2 Å². The van der Waals surface area contributed by atoms with E-state index < -0.39 is 7.82 Å². The fourth-order valence-electron chi connectivity index (χ4n) is 4.13. The topological polar surface area (TPSA) is 173 Å². The first kappa shape index (κ1) is 26.9. The monoisotopic (exact) mass is 591 g/mol. The van der Waals surface area contributed by atoms with Gasteiger partial charge < -0.3 is 25.2 Å². The molecule has 2 heterocycles. The number of nitrogens with two attached hydrogens (primary N) is 1. The number of nitrogens with zero attached hydrogens (tertiary/aromatic N) is 3. The Morgan fingerprint density at radius 1 is 1.22 bits per heavy atom. The molecule has 0 aliphatic carbocycles. The van der Waals surface area contributed by atoms with E-state index in [9.17, 15) is 24.3 Å². The number of phosphoric acid groups is 1. The average Bonchev–Trinajstić information content (AvgIpc) is 3.20. The van der Waals surface area contributed by atoms with Crippen LogP contribution in [0.1, 0.15) is 36.7 Å². The van der Waals surface area contributed by atoms with Gasteiger partial charge in [0.2, 0.25) is 5.91 Å². The van der Waals surface area contributed by atoms with Crippen LogP contribution in [-0.2, 0) is 28.9 Å². The number of carbonyl (C=O) groups is 1. The van der Waals surface area contributed by atoms with Crippen LogP contribution in [-0.4, -0.2) is 40.7 Å². The number of aromatic nitrogens is 3. The number of amides is 1. The molecule has 4 aromatic rings. The molecule has 0 bridgehead atoms. The third-order valence-corrected chi connectivity index (χ3v) is 6.75. The van der Waals surface area contributed by atoms with Crippen molar-refractivity contribution in [3.05, 3.63) is 53.3 Å². The van der Waals surface area contributed by atoms with Crippen LogP contribution in [0.15, 0.2) is 36.4 Å². The minimum absolute atomic E-state index is 0.0504. The number of rotatable bonds is 10. The number of unbranched alkanes of at least 4 members (excludes halogenated alkanes) is 1. The molecule has 0 aliphatic heterocycles. The van der Waals surface area contributed by atoms with Crippen molar-refractivity contribution in [2.45, 2.75) is 39.3 Å². The minimum Gasteiger partial charge on any atom is -0.508 e. The summed E-state index contributed by atoms with van der Waals surface area (Å²) < 4.78 is 18.4. The van der Waals surface area contributed by atoms with E-state index in [1.54, 1.807) is 0 Å². The maximum Gasteiger partial charge on any atom is 0.524 e. The quantitative estimate of drug-likeness (QED) is 0.136. The molecule has 0 saturated carbocycles. The Hall–Kier alpha value is -3.18. The number of benzene rings is 2. The van der Waals surface area contributed by atoms with Crippen molar-refractivity contribution in [1.82, 2.24) is 19.9 Å². The van der Waals surface area contributed by atoms with Crippen molar-refractivity contribution in [3.63, 3.8) is 0 Å². The lowest BCUT2D eigenvalue weighted by molar-refractivity contribution is -0.118. The first-order valence-corrected chi connectivity index (χ1v) is 14.2. The van der Waals surface area contributed by atoms with Crippen LogP contribution in [0.2, 0.25) is 0 Å². The summed E-state index contributed by atoms with van der Waals surface area (Å²) in [5.41, 5.74) is 9.36. The lowest BCUT2D eigenvalue weighted by Crippen LogP contribution is -2.23. The summed E-state index contributed by atoms with van der Waals surface area (Å²) in [5, 5.41) is 13.9. The van der Waals surface area contributed by atoms with Gasteiger partial charge in [-0.2, -0.15) is 0 Å². The highest BCUT2D eigenvalue weighted by Gasteiger charge is 2.22. The zero-order chi connectivity index (χ0) is 26.7. The summed E-state index contributed by atoms with van der Waals surface area (Å²) in [5.74, 6) is 0.695. The largest absolute Gasteiger partial charge is 0.524 e. The molecule has 4 rings (SSSR count). The number of phenolic OH excluding ortho intramolecular Hbond substituents is 1. The summed E-state index contributed by atoms with van der Waals surface area (Å²) in [7, 11) is -4.84. The number of carbonyl (C=O) groups excluding carboxylic acids is 1. The van der Waals surface area contributed by atoms with Crippen molar-refractivity contribution in [2.75, 3.05) is 11.1 Å². The number of nitrogens with one attached hydrogen (secondary N) is 1. The molecule has 0 radical (unpaired) electrons. The predicted molar refractivity (Wildman–Crippen MR) is 144 cm³/mol. The third-order valence-electron chi connectivity index (χ3n) is 5.80. The first-order chi connectivity index (χ1) is 17.6. The van der Waals surface area contributed by atoms with E-state index >= 15 is 0 Å². The average molecular weight is 592 g/mol. The number of pyridine rings is 1. The number of nitrogen functional groups attached to an aromatic ring is 1. The molecular weight excluding hydrogens is 565 g/mol. The minimum atomic E-state index is -4.84. The van der Waals surface area contributed by atoms with Crippen molar-refractivity contribution in [1.29, 1.82) is 0 Å². The van der Waals surface area contributed by atoms with Crippen LogP contribution < -0.4 is 15.6 Å². The maximum atomic E-state index is 11.6. The Balaban J connectivity index is 1.88. The molecule has 2 aromatic heterocycles. The Bertz CT molecular complexity index is 1520. The molecule has 0 saturated heterocycles. The molecule has 0 aliphatic rings. The number of imidazole rings is 1. The lowest BCUT2D eigenvalue weighted by atomic mass is 10.1. The van der Waals surface area contributed by atoms with E-state index in [0.717, 1.165) is 29.6 Å². The summed E-state index contributed by atoms with van der Waals surface area (Å²) in [6, 6.07) is 9.63. The van der Waals surface area contributed by atoms with Crippen molar-refractivity contribution in [3.8, 4) is 11.5 Å². The molecule has 37 heavy (non-hydrogen) atoms. The van der Waals surface area contributed by atoms with Gasteiger partial charge in [0.05, 0.1) is 22.9 Å². The number of hydrogen-bond acceptors (Lipinski definition) is 7. The summed E-state index contributed by atoms with van der Waals surface area (Å²) in [4.78, 5) is 39.7.